The molecule has 1 aromatic carbocycles. The molecule has 9 heteroatoms. The molecule has 0 atom stereocenters. The number of hydrogen-bond acceptors (Lipinski definition) is 7. The van der Waals surface area contributed by atoms with Gasteiger partial charge in [0, 0.05) is 18.7 Å². The lowest BCUT2D eigenvalue weighted by Crippen LogP contribution is -2.37. The smallest absolute Gasteiger partial charge is 0.200 e. The van der Waals surface area contributed by atoms with Crippen LogP contribution in [0.15, 0.2) is 18.3 Å². The van der Waals surface area contributed by atoms with Gasteiger partial charge in [-0.3, -0.25) is 10.1 Å². The Morgan fingerprint density at radius 3 is 2.78 bits per heavy atom. The van der Waals surface area contributed by atoms with E-state index in [1.807, 2.05) is 12.1 Å². The van der Waals surface area contributed by atoms with Gasteiger partial charge in [0.25, 0.3) is 0 Å². The van der Waals surface area contributed by atoms with Gasteiger partial charge in [0.1, 0.15) is 16.9 Å². The lowest BCUT2D eigenvalue weighted by atomic mass is 10.1. The maximum atomic E-state index is 9.50. The second kappa shape index (κ2) is 6.11. The Morgan fingerprint density at radius 2 is 2.04 bits per heavy atom. The first-order valence-corrected chi connectivity index (χ1v) is 9.06. The van der Waals surface area contributed by atoms with Crippen LogP contribution in [0.2, 0.25) is 5.02 Å². The predicted octanol–water partition coefficient (Wildman–Crippen LogP) is 2.63. The molecule has 4 aromatic rings. The van der Waals surface area contributed by atoms with Gasteiger partial charge in [-0.2, -0.15) is 5.10 Å². The van der Waals surface area contributed by atoms with Gasteiger partial charge >= 0.3 is 0 Å². The summed E-state index contributed by atoms with van der Waals surface area (Å²) < 4.78 is 0. The summed E-state index contributed by atoms with van der Waals surface area (Å²) in [5.41, 5.74) is 4.96. The first kappa shape index (κ1) is 16.3. The van der Waals surface area contributed by atoms with E-state index in [-0.39, 0.29) is 6.61 Å². The van der Waals surface area contributed by atoms with Crippen LogP contribution in [0.1, 0.15) is 17.8 Å². The summed E-state index contributed by atoms with van der Waals surface area (Å²) in [4.78, 5) is 20.3. The number of benzene rings is 1. The number of aryl methyl sites for hydroxylation is 1. The molecular formula is C18H16ClN7O. The molecular weight excluding hydrogens is 366 g/mol. The summed E-state index contributed by atoms with van der Waals surface area (Å²) in [5.74, 6) is 0.834. The average molecular weight is 382 g/mol. The monoisotopic (exact) mass is 381 g/mol. The number of nitrogens with zero attached hydrogens (tertiary/aromatic N) is 6. The van der Waals surface area contributed by atoms with Crippen molar-refractivity contribution in [3.63, 3.8) is 0 Å². The highest BCUT2D eigenvalue weighted by molar-refractivity contribution is 6.38. The van der Waals surface area contributed by atoms with Crippen molar-refractivity contribution in [3.8, 4) is 11.3 Å². The fourth-order valence-corrected chi connectivity index (χ4v) is 3.51. The van der Waals surface area contributed by atoms with Crippen LogP contribution in [0.25, 0.3) is 33.5 Å². The zero-order valence-corrected chi connectivity index (χ0v) is 15.3. The van der Waals surface area contributed by atoms with E-state index in [1.165, 1.54) is 6.42 Å². The molecule has 1 fully saturated rings. The first-order chi connectivity index (χ1) is 13.2. The summed E-state index contributed by atoms with van der Waals surface area (Å²) >= 11 is 6.71. The highest BCUT2D eigenvalue weighted by atomic mass is 35.5. The number of aromatic amines is 1. The number of H-pyrrole nitrogens is 1. The highest BCUT2D eigenvalue weighted by Gasteiger charge is 2.20. The third-order valence-corrected chi connectivity index (χ3v) is 5.28. The Morgan fingerprint density at radius 1 is 1.19 bits per heavy atom. The number of rotatable bonds is 3. The van der Waals surface area contributed by atoms with Crippen molar-refractivity contribution in [1.82, 2.24) is 30.1 Å². The van der Waals surface area contributed by atoms with Crippen molar-refractivity contribution in [3.05, 3.63) is 34.7 Å². The van der Waals surface area contributed by atoms with E-state index in [4.69, 9.17) is 16.6 Å². The summed E-state index contributed by atoms with van der Waals surface area (Å²) in [6.45, 7) is 3.58. The van der Waals surface area contributed by atoms with Gasteiger partial charge in [-0.25, -0.2) is 15.0 Å². The van der Waals surface area contributed by atoms with Crippen LogP contribution in [-0.4, -0.2) is 48.3 Å². The average Bonchev–Trinajstić information content (AvgIpc) is 3.02. The van der Waals surface area contributed by atoms with Crippen LogP contribution >= 0.6 is 11.6 Å². The van der Waals surface area contributed by atoms with Crippen molar-refractivity contribution in [2.75, 3.05) is 18.0 Å². The van der Waals surface area contributed by atoms with Crippen molar-refractivity contribution in [1.29, 1.82) is 0 Å². The van der Waals surface area contributed by atoms with Gasteiger partial charge in [0.15, 0.2) is 0 Å². The van der Waals surface area contributed by atoms with Gasteiger partial charge in [-0.1, -0.05) is 11.6 Å². The standard InChI is InChI=1S/C18H16ClN7O/c1-9-12(8-27)22-17-15(24-25-18(17)21-9)10-3-4-11-16(14(10)19)23-13(7-20-11)26-5-2-6-26/h3-4,7,27H,2,5-6,8H2,1H3,(H,21,24,25). The van der Waals surface area contributed by atoms with Gasteiger partial charge in [0.05, 0.1) is 40.4 Å². The zero-order chi connectivity index (χ0) is 18.5. The number of nitrogens with one attached hydrogen (secondary N) is 1. The molecule has 0 bridgehead atoms. The third-order valence-electron chi connectivity index (χ3n) is 4.90. The molecule has 2 N–H and O–H groups in total. The Kier molecular flexibility index (Phi) is 3.70. The second-order valence-electron chi connectivity index (χ2n) is 6.55. The first-order valence-electron chi connectivity index (χ1n) is 8.68. The van der Waals surface area contributed by atoms with Crippen LogP contribution < -0.4 is 4.90 Å². The third kappa shape index (κ3) is 2.52. The number of hydrogen-bond donors (Lipinski definition) is 2. The predicted molar refractivity (Wildman–Crippen MR) is 103 cm³/mol. The molecule has 27 heavy (non-hydrogen) atoms. The number of aliphatic hydroxyl groups excluding tert-OH is 1. The number of halogens is 1. The van der Waals surface area contributed by atoms with Gasteiger partial charge < -0.3 is 10.0 Å². The van der Waals surface area contributed by atoms with Gasteiger partial charge in [0.2, 0.25) is 5.65 Å². The van der Waals surface area contributed by atoms with E-state index in [0.29, 0.717) is 38.8 Å². The normalized spacial score (nSPS) is 14.1. The van der Waals surface area contributed by atoms with Gasteiger partial charge in [-0.15, -0.1) is 0 Å². The summed E-state index contributed by atoms with van der Waals surface area (Å²) in [6, 6.07) is 3.75. The minimum atomic E-state index is -0.185. The molecule has 3 aromatic heterocycles. The zero-order valence-electron chi connectivity index (χ0n) is 14.6. The van der Waals surface area contributed by atoms with E-state index in [2.05, 4.69) is 30.0 Å². The van der Waals surface area contributed by atoms with Crippen LogP contribution in [0.4, 0.5) is 5.82 Å². The van der Waals surface area contributed by atoms with Crippen LogP contribution in [0, 0.1) is 6.92 Å². The minimum absolute atomic E-state index is 0.185. The van der Waals surface area contributed by atoms with E-state index >= 15 is 0 Å². The number of anilines is 1. The summed E-state index contributed by atoms with van der Waals surface area (Å²) in [5, 5.41) is 17.2. The molecule has 1 saturated heterocycles. The van der Waals surface area contributed by atoms with E-state index in [1.54, 1.807) is 13.1 Å². The highest BCUT2D eigenvalue weighted by Crippen LogP contribution is 2.35. The number of aliphatic hydroxyl groups is 1. The SMILES string of the molecule is Cc1nc2n[nH]c(-c3ccc4ncc(N5CCC5)nc4c3Cl)c2nc1CO. The molecule has 0 unspecified atom stereocenters. The molecule has 0 saturated carbocycles. The Bertz CT molecular complexity index is 1190. The van der Waals surface area contributed by atoms with Crippen LogP contribution in [0.3, 0.4) is 0 Å². The largest absolute Gasteiger partial charge is 0.390 e. The van der Waals surface area contributed by atoms with Crippen molar-refractivity contribution < 1.29 is 5.11 Å². The van der Waals surface area contributed by atoms with Crippen molar-refractivity contribution in [2.45, 2.75) is 20.0 Å². The van der Waals surface area contributed by atoms with E-state index in [0.717, 1.165) is 30.0 Å². The van der Waals surface area contributed by atoms with Crippen LogP contribution in [-0.2, 0) is 6.61 Å². The molecule has 0 amide bonds. The fourth-order valence-electron chi connectivity index (χ4n) is 3.21. The Labute approximate surface area is 159 Å². The number of aromatic nitrogens is 6. The summed E-state index contributed by atoms with van der Waals surface area (Å²) in [6.07, 6.45) is 2.95. The Balaban J connectivity index is 1.70. The number of fused-ring (bicyclic) bond motifs is 2. The molecule has 136 valence electrons. The fraction of sp³-hybridized carbons (Fsp3) is 0.278. The second-order valence-corrected chi connectivity index (χ2v) is 6.93. The molecule has 4 heterocycles. The Hall–Kier alpha value is -2.84. The van der Waals surface area contributed by atoms with E-state index in [9.17, 15) is 5.11 Å². The van der Waals surface area contributed by atoms with Crippen molar-refractivity contribution in [2.24, 2.45) is 0 Å². The molecule has 0 radical (unpaired) electrons. The molecule has 5 rings (SSSR count). The molecule has 0 spiro atoms. The van der Waals surface area contributed by atoms with Crippen LogP contribution in [0.5, 0.6) is 0 Å². The maximum Gasteiger partial charge on any atom is 0.200 e. The summed E-state index contributed by atoms with van der Waals surface area (Å²) in [7, 11) is 0. The lowest BCUT2D eigenvalue weighted by Gasteiger charge is -2.31. The molecule has 8 nitrogen and oxygen atoms in total. The molecule has 0 aliphatic carbocycles. The minimum Gasteiger partial charge on any atom is -0.390 e. The van der Waals surface area contributed by atoms with Gasteiger partial charge in [-0.05, 0) is 25.5 Å². The quantitative estimate of drug-likeness (QED) is 0.562. The van der Waals surface area contributed by atoms with E-state index < -0.39 is 0 Å². The van der Waals surface area contributed by atoms with Crippen molar-refractivity contribution >= 4 is 39.6 Å². The maximum absolute atomic E-state index is 9.50. The lowest BCUT2D eigenvalue weighted by molar-refractivity contribution is 0.276. The topological polar surface area (TPSA) is 104 Å². The molecule has 1 aliphatic heterocycles. The molecule has 1 aliphatic rings.